The van der Waals surface area contributed by atoms with Gasteiger partial charge in [0.15, 0.2) is 0 Å². The number of halogens is 1. The molecule has 1 unspecified atom stereocenters. The number of rotatable bonds is 5. The Morgan fingerprint density at radius 3 is 2.42 bits per heavy atom. The fourth-order valence-corrected chi connectivity index (χ4v) is 4.99. The molecule has 0 aliphatic carbocycles. The first kappa shape index (κ1) is 21.2. The zero-order valence-electron chi connectivity index (χ0n) is 14.9. The molecule has 26 heavy (non-hydrogen) atoms. The lowest BCUT2D eigenvalue weighted by Crippen LogP contribution is -2.46. The van der Waals surface area contributed by atoms with E-state index in [1.807, 2.05) is 0 Å². The van der Waals surface area contributed by atoms with Gasteiger partial charge in [0, 0.05) is 25.7 Å². The minimum absolute atomic E-state index is 0. The number of piperidine rings is 2. The zero-order chi connectivity index (χ0) is 17.7. The molecule has 6 nitrogen and oxygen atoms in total. The molecule has 2 N–H and O–H groups in total. The maximum atomic E-state index is 12.6. The maximum Gasteiger partial charge on any atom is 0.243 e. The summed E-state index contributed by atoms with van der Waals surface area (Å²) in [5.74, 6) is -0.0136. The average Bonchev–Trinajstić information content (AvgIpc) is 2.63. The number of hydrogen-bond donors (Lipinski definition) is 2. The molecule has 2 aliphatic rings. The van der Waals surface area contributed by atoms with E-state index in [2.05, 4.69) is 10.6 Å². The van der Waals surface area contributed by atoms with Crippen LogP contribution in [0.1, 0.15) is 37.7 Å². The van der Waals surface area contributed by atoms with Crippen LogP contribution in [0.25, 0.3) is 0 Å². The van der Waals surface area contributed by atoms with Crippen molar-refractivity contribution in [2.45, 2.75) is 49.5 Å². The Morgan fingerprint density at radius 1 is 1.12 bits per heavy atom. The Morgan fingerprint density at radius 2 is 1.81 bits per heavy atom. The first-order valence-electron chi connectivity index (χ1n) is 9.15. The summed E-state index contributed by atoms with van der Waals surface area (Å²) in [7, 11) is -3.41. The third-order valence-electron chi connectivity index (χ3n) is 4.90. The van der Waals surface area contributed by atoms with Gasteiger partial charge in [-0.15, -0.1) is 12.4 Å². The minimum atomic E-state index is -3.41. The predicted molar refractivity (Wildman–Crippen MR) is 104 cm³/mol. The minimum Gasteiger partial charge on any atom is -0.352 e. The summed E-state index contributed by atoms with van der Waals surface area (Å²) >= 11 is 0. The van der Waals surface area contributed by atoms with Crippen molar-refractivity contribution in [2.75, 3.05) is 26.2 Å². The molecule has 1 aromatic carbocycles. The van der Waals surface area contributed by atoms with E-state index in [4.69, 9.17) is 0 Å². The van der Waals surface area contributed by atoms with Gasteiger partial charge in [0.05, 0.1) is 11.3 Å². The Kier molecular flexibility index (Phi) is 7.88. The number of nitrogens with zero attached hydrogens (tertiary/aromatic N) is 1. The van der Waals surface area contributed by atoms with E-state index in [0.717, 1.165) is 50.8 Å². The first-order chi connectivity index (χ1) is 12.1. The molecule has 0 spiro atoms. The average molecular weight is 402 g/mol. The summed E-state index contributed by atoms with van der Waals surface area (Å²) in [5, 5.41) is 6.31. The monoisotopic (exact) mass is 401 g/mol. The molecule has 0 bridgehead atoms. The Balaban J connectivity index is 0.00000243. The van der Waals surface area contributed by atoms with Crippen LogP contribution in [0.3, 0.4) is 0 Å². The van der Waals surface area contributed by atoms with Crippen LogP contribution in [0.2, 0.25) is 0 Å². The molecular formula is C18H28ClN3O3S. The van der Waals surface area contributed by atoms with Crippen molar-refractivity contribution in [3.63, 3.8) is 0 Å². The number of hydrogen-bond acceptors (Lipinski definition) is 4. The molecule has 0 radical (unpaired) electrons. The van der Waals surface area contributed by atoms with Gasteiger partial charge in [-0.3, -0.25) is 4.79 Å². The van der Waals surface area contributed by atoms with Crippen molar-refractivity contribution in [1.29, 1.82) is 0 Å². The summed E-state index contributed by atoms with van der Waals surface area (Å²) in [6.45, 7) is 3.03. The number of benzene rings is 1. The second-order valence-corrected chi connectivity index (χ2v) is 8.83. The van der Waals surface area contributed by atoms with Crippen molar-refractivity contribution in [3.8, 4) is 0 Å². The number of amides is 1. The number of nitrogens with one attached hydrogen (secondary N) is 2. The van der Waals surface area contributed by atoms with Gasteiger partial charge in [0.25, 0.3) is 0 Å². The third kappa shape index (κ3) is 5.42. The molecule has 2 heterocycles. The van der Waals surface area contributed by atoms with E-state index in [1.54, 1.807) is 28.6 Å². The van der Waals surface area contributed by atoms with E-state index >= 15 is 0 Å². The van der Waals surface area contributed by atoms with Crippen LogP contribution in [0.4, 0.5) is 0 Å². The molecule has 3 rings (SSSR count). The topological polar surface area (TPSA) is 78.5 Å². The van der Waals surface area contributed by atoms with E-state index in [9.17, 15) is 13.2 Å². The van der Waals surface area contributed by atoms with Crippen LogP contribution >= 0.6 is 12.4 Å². The highest BCUT2D eigenvalue weighted by Gasteiger charge is 2.25. The smallest absolute Gasteiger partial charge is 0.243 e. The molecular weight excluding hydrogens is 374 g/mol. The zero-order valence-corrected chi connectivity index (χ0v) is 16.6. The van der Waals surface area contributed by atoms with E-state index < -0.39 is 10.0 Å². The lowest BCUT2D eigenvalue weighted by molar-refractivity contribution is -0.121. The normalized spacial score (nSPS) is 21.6. The fraction of sp³-hybridized carbons (Fsp3) is 0.611. The fourth-order valence-electron chi connectivity index (χ4n) is 3.47. The van der Waals surface area contributed by atoms with Crippen LogP contribution in [0, 0.1) is 0 Å². The highest BCUT2D eigenvalue weighted by molar-refractivity contribution is 7.89. The molecule has 2 aliphatic heterocycles. The molecule has 1 amide bonds. The summed E-state index contributed by atoms with van der Waals surface area (Å²) in [5.41, 5.74) is 0.832. The van der Waals surface area contributed by atoms with Gasteiger partial charge in [-0.2, -0.15) is 4.31 Å². The van der Waals surface area contributed by atoms with Crippen LogP contribution in [0.5, 0.6) is 0 Å². The van der Waals surface area contributed by atoms with Crippen molar-refractivity contribution in [2.24, 2.45) is 0 Å². The first-order valence-corrected chi connectivity index (χ1v) is 10.6. The largest absolute Gasteiger partial charge is 0.352 e. The van der Waals surface area contributed by atoms with Crippen molar-refractivity contribution >= 4 is 28.3 Å². The highest BCUT2D eigenvalue weighted by atomic mass is 35.5. The van der Waals surface area contributed by atoms with Gasteiger partial charge in [0.2, 0.25) is 15.9 Å². The van der Waals surface area contributed by atoms with Crippen LogP contribution in [-0.4, -0.2) is 50.9 Å². The number of sulfonamides is 1. The Bertz CT molecular complexity index is 682. The van der Waals surface area contributed by atoms with Gasteiger partial charge >= 0.3 is 0 Å². The summed E-state index contributed by atoms with van der Waals surface area (Å²) in [4.78, 5) is 12.5. The standard InChI is InChI=1S/C18H27N3O3S.ClH/c22-18(20-16-5-4-10-19-14-16)13-15-6-8-17(9-7-15)25(23,24)21-11-2-1-3-12-21;/h6-9,16,19H,1-5,10-14H2,(H,20,22);1H. The Hall–Kier alpha value is -1.15. The molecule has 2 saturated heterocycles. The molecule has 1 aromatic rings. The second kappa shape index (κ2) is 9.69. The van der Waals surface area contributed by atoms with Crippen LogP contribution in [0.15, 0.2) is 29.2 Å². The van der Waals surface area contributed by atoms with E-state index in [1.165, 1.54) is 0 Å². The van der Waals surface area contributed by atoms with Gasteiger partial charge in [-0.05, 0) is 49.9 Å². The quantitative estimate of drug-likeness (QED) is 0.787. The van der Waals surface area contributed by atoms with E-state index in [-0.39, 0.29) is 30.8 Å². The summed E-state index contributed by atoms with van der Waals surface area (Å²) in [6, 6.07) is 6.93. The lowest BCUT2D eigenvalue weighted by Gasteiger charge is -2.26. The van der Waals surface area contributed by atoms with E-state index in [0.29, 0.717) is 18.0 Å². The van der Waals surface area contributed by atoms with Gasteiger partial charge in [-0.25, -0.2) is 8.42 Å². The highest BCUT2D eigenvalue weighted by Crippen LogP contribution is 2.21. The molecule has 1 atom stereocenters. The Labute approximate surface area is 162 Å². The van der Waals surface area contributed by atoms with Crippen molar-refractivity contribution in [3.05, 3.63) is 29.8 Å². The second-order valence-electron chi connectivity index (χ2n) is 6.90. The molecule has 8 heteroatoms. The van der Waals surface area contributed by atoms with Gasteiger partial charge < -0.3 is 10.6 Å². The molecule has 0 saturated carbocycles. The number of carbonyl (C=O) groups is 1. The molecule has 2 fully saturated rings. The van der Waals surface area contributed by atoms with Crippen LogP contribution < -0.4 is 10.6 Å². The van der Waals surface area contributed by atoms with Gasteiger partial charge in [0.1, 0.15) is 0 Å². The third-order valence-corrected chi connectivity index (χ3v) is 6.82. The molecule has 0 aromatic heterocycles. The summed E-state index contributed by atoms with van der Waals surface area (Å²) < 4.78 is 26.8. The number of carbonyl (C=O) groups excluding carboxylic acids is 1. The van der Waals surface area contributed by atoms with Crippen molar-refractivity contribution in [1.82, 2.24) is 14.9 Å². The SMILES string of the molecule is Cl.O=C(Cc1ccc(S(=O)(=O)N2CCCCC2)cc1)NC1CCCNC1. The summed E-state index contributed by atoms with van der Waals surface area (Å²) in [6.07, 6.45) is 5.30. The lowest BCUT2D eigenvalue weighted by atomic mass is 10.1. The molecule has 146 valence electrons. The predicted octanol–water partition coefficient (Wildman–Crippen LogP) is 1.69. The van der Waals surface area contributed by atoms with Crippen LogP contribution in [-0.2, 0) is 21.2 Å². The van der Waals surface area contributed by atoms with Crippen molar-refractivity contribution < 1.29 is 13.2 Å². The maximum absolute atomic E-state index is 12.6. The van der Waals surface area contributed by atoms with Gasteiger partial charge in [-0.1, -0.05) is 18.6 Å².